The Bertz CT molecular complexity index is 2010. The lowest BCUT2D eigenvalue weighted by atomic mass is 9.90. The lowest BCUT2D eigenvalue weighted by Crippen LogP contribution is -2.59. The summed E-state index contributed by atoms with van der Waals surface area (Å²) in [5.41, 5.74) is 8.97. The van der Waals surface area contributed by atoms with E-state index in [0.29, 0.717) is 32.2 Å². The zero-order valence-electron chi connectivity index (χ0n) is 32.1. The summed E-state index contributed by atoms with van der Waals surface area (Å²) in [6.45, 7) is 2.78. The topological polar surface area (TPSA) is 180 Å². The van der Waals surface area contributed by atoms with Crippen LogP contribution >= 0.6 is 22.9 Å². The summed E-state index contributed by atoms with van der Waals surface area (Å²) >= 11 is 7.37. The first-order valence-corrected chi connectivity index (χ1v) is 20.8. The van der Waals surface area contributed by atoms with Crippen LogP contribution in [0.15, 0.2) is 84.2 Å². The van der Waals surface area contributed by atoms with Crippen LogP contribution in [0.1, 0.15) is 60.8 Å². The van der Waals surface area contributed by atoms with Crippen molar-refractivity contribution in [2.45, 2.75) is 83.0 Å². The highest BCUT2D eigenvalue weighted by atomic mass is 35.5. The van der Waals surface area contributed by atoms with Gasteiger partial charge in [-0.2, -0.15) is 0 Å². The Morgan fingerprint density at radius 3 is 2.33 bits per heavy atom. The van der Waals surface area contributed by atoms with Crippen molar-refractivity contribution in [1.29, 1.82) is 0 Å². The third-order valence-corrected chi connectivity index (χ3v) is 11.5. The molecule has 5 rings (SSSR count). The van der Waals surface area contributed by atoms with Gasteiger partial charge in [0.1, 0.15) is 18.0 Å². The SMILES string of the molecule is Cc1ccc(CNC(=O)[C@H](CCCNC(N)=O)CC(=O)[C@H](Cc2csc3ccccc23)NC(=O)[C@@H]2CCCCN2C(=O)[C@H](Cc2ccccc2)NC(=O)CCl)cc1. The number of nitrogens with two attached hydrogens (primary N) is 1. The first-order valence-electron chi connectivity index (χ1n) is 19.4. The van der Waals surface area contributed by atoms with E-state index < -0.39 is 47.8 Å². The summed E-state index contributed by atoms with van der Waals surface area (Å²) in [6.07, 6.45) is 2.64. The molecule has 1 aliphatic heterocycles. The Hall–Kier alpha value is -5.27. The fraction of sp³-hybridized carbons (Fsp3) is 0.395. The van der Waals surface area contributed by atoms with E-state index in [4.69, 9.17) is 17.3 Å². The van der Waals surface area contributed by atoms with Gasteiger partial charge in [-0.05, 0) is 72.6 Å². The molecule has 6 amide bonds. The predicted octanol–water partition coefficient (Wildman–Crippen LogP) is 4.92. The van der Waals surface area contributed by atoms with E-state index in [-0.39, 0.29) is 56.3 Å². The molecule has 302 valence electrons. The number of aryl methyl sites for hydroxylation is 1. The Kier molecular flexibility index (Phi) is 16.0. The number of piperidine rings is 1. The molecule has 6 N–H and O–H groups in total. The van der Waals surface area contributed by atoms with Crippen LogP contribution in [0, 0.1) is 12.8 Å². The maximum atomic E-state index is 14.5. The zero-order valence-corrected chi connectivity index (χ0v) is 33.7. The standard InChI is InChI=1S/C43H51ClN6O6S/c1-28-16-18-30(19-17-28)26-47-40(53)31(12-9-20-46-43(45)56)24-37(51)34(23-32-27-57-38-15-6-5-13-33(32)38)49-41(54)36-14-7-8-21-50(36)42(55)35(48-39(52)25-44)22-29-10-3-2-4-11-29/h2-6,10-11,13,15-19,27,31,34-36H,7-9,12,14,20-26H2,1H3,(H,47,53)(H,48,52)(H,49,54)(H3,45,46,56)/t31-,34+,35+,36+/m1/s1. The molecular weight excluding hydrogens is 764 g/mol. The second-order valence-electron chi connectivity index (χ2n) is 14.5. The Morgan fingerprint density at radius 2 is 1.60 bits per heavy atom. The second kappa shape index (κ2) is 21.3. The van der Waals surface area contributed by atoms with Crippen molar-refractivity contribution in [3.05, 3.63) is 106 Å². The van der Waals surface area contributed by atoms with E-state index >= 15 is 0 Å². The third-order valence-electron chi connectivity index (χ3n) is 10.3. The highest BCUT2D eigenvalue weighted by Gasteiger charge is 2.38. The number of primary amides is 1. The quantitative estimate of drug-likeness (QED) is 0.0662. The van der Waals surface area contributed by atoms with Gasteiger partial charge in [-0.15, -0.1) is 22.9 Å². The molecule has 0 aliphatic carbocycles. The molecular formula is C43H51ClN6O6S. The molecule has 0 unspecified atom stereocenters. The maximum Gasteiger partial charge on any atom is 0.312 e. The number of urea groups is 1. The van der Waals surface area contributed by atoms with Gasteiger partial charge in [0.15, 0.2) is 5.78 Å². The largest absolute Gasteiger partial charge is 0.352 e. The number of Topliss-reactive ketones (excluding diaryl/α,β-unsaturated/α-hetero) is 1. The number of carbonyl (C=O) groups is 6. The van der Waals surface area contributed by atoms with Crippen LogP contribution in [0.2, 0.25) is 0 Å². The Balaban J connectivity index is 1.38. The average molecular weight is 815 g/mol. The minimum absolute atomic E-state index is 0.166. The molecule has 1 fully saturated rings. The lowest BCUT2D eigenvalue weighted by molar-refractivity contribution is -0.145. The summed E-state index contributed by atoms with van der Waals surface area (Å²) in [5.74, 6) is -3.11. The molecule has 14 heteroatoms. The van der Waals surface area contributed by atoms with Crippen LogP contribution in [-0.4, -0.2) is 77.4 Å². The van der Waals surface area contributed by atoms with Crippen molar-refractivity contribution in [3.8, 4) is 0 Å². The molecule has 1 saturated heterocycles. The maximum absolute atomic E-state index is 14.5. The zero-order chi connectivity index (χ0) is 40.7. The molecule has 4 aromatic rings. The number of halogens is 1. The number of benzene rings is 3. The van der Waals surface area contributed by atoms with Crippen LogP contribution < -0.4 is 27.0 Å². The predicted molar refractivity (Wildman–Crippen MR) is 223 cm³/mol. The van der Waals surface area contributed by atoms with Gasteiger partial charge in [0.2, 0.25) is 23.6 Å². The number of nitrogens with one attached hydrogen (secondary N) is 4. The van der Waals surface area contributed by atoms with Gasteiger partial charge in [0, 0.05) is 49.5 Å². The molecule has 0 radical (unpaired) electrons. The third kappa shape index (κ3) is 12.6. The van der Waals surface area contributed by atoms with Gasteiger partial charge in [0.25, 0.3) is 0 Å². The molecule has 57 heavy (non-hydrogen) atoms. The lowest BCUT2D eigenvalue weighted by Gasteiger charge is -2.37. The van der Waals surface area contributed by atoms with Crippen molar-refractivity contribution in [3.63, 3.8) is 0 Å². The van der Waals surface area contributed by atoms with Gasteiger partial charge in [0.05, 0.1) is 6.04 Å². The molecule has 1 aromatic heterocycles. The van der Waals surface area contributed by atoms with Crippen LogP contribution in [0.3, 0.4) is 0 Å². The molecule has 1 aliphatic rings. The molecule has 0 saturated carbocycles. The van der Waals surface area contributed by atoms with E-state index in [1.807, 2.05) is 91.2 Å². The number of likely N-dealkylation sites (tertiary alicyclic amines) is 1. The molecule has 12 nitrogen and oxygen atoms in total. The highest BCUT2D eigenvalue weighted by Crippen LogP contribution is 2.28. The van der Waals surface area contributed by atoms with E-state index in [2.05, 4.69) is 21.3 Å². The number of alkyl halides is 1. The van der Waals surface area contributed by atoms with Gasteiger partial charge < -0.3 is 31.9 Å². The number of amides is 6. The molecule has 2 heterocycles. The van der Waals surface area contributed by atoms with E-state index in [1.165, 1.54) is 16.2 Å². The van der Waals surface area contributed by atoms with E-state index in [0.717, 1.165) is 32.3 Å². The van der Waals surface area contributed by atoms with Crippen molar-refractivity contribution in [2.75, 3.05) is 19.0 Å². The fourth-order valence-electron chi connectivity index (χ4n) is 7.19. The summed E-state index contributed by atoms with van der Waals surface area (Å²) in [7, 11) is 0. The number of ketones is 1. The summed E-state index contributed by atoms with van der Waals surface area (Å²) in [6, 6.07) is 21.4. The van der Waals surface area contributed by atoms with E-state index in [9.17, 15) is 28.8 Å². The molecule has 0 spiro atoms. The van der Waals surface area contributed by atoms with Crippen LogP contribution in [-0.2, 0) is 43.4 Å². The number of thiophene rings is 1. The van der Waals surface area contributed by atoms with Gasteiger partial charge in [-0.3, -0.25) is 24.0 Å². The fourth-order valence-corrected chi connectivity index (χ4v) is 8.24. The van der Waals surface area contributed by atoms with Crippen LogP contribution in [0.25, 0.3) is 10.1 Å². The number of fused-ring (bicyclic) bond motifs is 1. The number of hydrogen-bond acceptors (Lipinski definition) is 7. The molecule has 3 aromatic carbocycles. The number of rotatable bonds is 19. The van der Waals surface area contributed by atoms with Crippen LogP contribution in [0.4, 0.5) is 4.79 Å². The number of hydrogen-bond donors (Lipinski definition) is 5. The number of carbonyl (C=O) groups excluding carboxylic acids is 6. The minimum atomic E-state index is -1.01. The molecule has 4 atom stereocenters. The first-order chi connectivity index (χ1) is 27.5. The summed E-state index contributed by atoms with van der Waals surface area (Å²) in [4.78, 5) is 82.0. The Morgan fingerprint density at radius 1 is 0.860 bits per heavy atom. The van der Waals surface area contributed by atoms with Crippen molar-refractivity contribution >= 4 is 68.5 Å². The normalized spacial score (nSPS) is 15.5. The molecule has 0 bridgehead atoms. The average Bonchev–Trinajstić information content (AvgIpc) is 3.63. The van der Waals surface area contributed by atoms with Crippen molar-refractivity contribution in [2.24, 2.45) is 11.7 Å². The second-order valence-corrected chi connectivity index (χ2v) is 15.7. The summed E-state index contributed by atoms with van der Waals surface area (Å²) < 4.78 is 1.04. The van der Waals surface area contributed by atoms with Gasteiger partial charge in [-0.1, -0.05) is 78.4 Å². The number of nitrogens with zero attached hydrogens (tertiary/aromatic N) is 1. The van der Waals surface area contributed by atoms with E-state index in [1.54, 1.807) is 0 Å². The Labute approximate surface area is 342 Å². The van der Waals surface area contributed by atoms with Crippen LogP contribution in [0.5, 0.6) is 0 Å². The minimum Gasteiger partial charge on any atom is -0.352 e. The van der Waals surface area contributed by atoms with Gasteiger partial charge in [-0.25, -0.2) is 4.79 Å². The smallest absolute Gasteiger partial charge is 0.312 e. The van der Waals surface area contributed by atoms with Gasteiger partial charge >= 0.3 is 6.03 Å². The first kappa shape index (κ1) is 42.9. The summed E-state index contributed by atoms with van der Waals surface area (Å²) in [5, 5.41) is 14.2. The van der Waals surface area contributed by atoms with Crippen molar-refractivity contribution < 1.29 is 28.8 Å². The van der Waals surface area contributed by atoms with Crippen molar-refractivity contribution in [1.82, 2.24) is 26.2 Å². The monoisotopic (exact) mass is 814 g/mol. The highest BCUT2D eigenvalue weighted by molar-refractivity contribution is 7.17.